The van der Waals surface area contributed by atoms with E-state index in [0.29, 0.717) is 46.2 Å². The largest absolute Gasteiger partial charge is 0.492 e. The fourth-order valence-corrected chi connectivity index (χ4v) is 5.68. The highest BCUT2D eigenvalue weighted by Crippen LogP contribution is 2.33. The molecule has 0 aliphatic carbocycles. The minimum atomic E-state index is -0.614. The van der Waals surface area contributed by atoms with Crippen molar-refractivity contribution in [1.82, 2.24) is 4.90 Å². The van der Waals surface area contributed by atoms with Gasteiger partial charge in [0.2, 0.25) is 0 Å². The normalized spacial score (nSPS) is 16.3. The summed E-state index contributed by atoms with van der Waals surface area (Å²) < 4.78 is 18.3. The van der Waals surface area contributed by atoms with E-state index in [1.54, 1.807) is 6.07 Å². The van der Waals surface area contributed by atoms with E-state index in [4.69, 9.17) is 13.9 Å². The number of rotatable bonds is 8. The number of likely N-dealkylation sites (N-methyl/N-ethyl adjacent to an activating group) is 1. The van der Waals surface area contributed by atoms with Crippen molar-refractivity contribution in [3.8, 4) is 17.1 Å². The zero-order chi connectivity index (χ0) is 30.9. The molecule has 3 aromatic carbocycles. The van der Waals surface area contributed by atoms with E-state index in [-0.39, 0.29) is 11.5 Å². The zero-order valence-electron chi connectivity index (χ0n) is 26.2. The molecule has 2 heterocycles. The SMILES string of the molecule is Cc1cc([C@@H](C)Nc2ccccc2C(=O)OC(C)(C)C)c2oc(-c3ccc(OC[C@@H]4CCCN4C)cc3)c(C)c(=O)c2c1. The molecule has 1 aliphatic rings. The van der Waals surface area contributed by atoms with Crippen LogP contribution in [0.15, 0.2) is 69.9 Å². The van der Waals surface area contributed by atoms with Gasteiger partial charge in [0.1, 0.15) is 29.3 Å². The fourth-order valence-electron chi connectivity index (χ4n) is 5.68. The second kappa shape index (κ2) is 12.3. The van der Waals surface area contributed by atoms with Crippen LogP contribution in [0.3, 0.4) is 0 Å². The molecule has 226 valence electrons. The average molecular weight is 583 g/mol. The minimum absolute atomic E-state index is 0.0628. The number of aryl methyl sites for hydroxylation is 1. The number of hydrogen-bond acceptors (Lipinski definition) is 7. The quantitative estimate of drug-likeness (QED) is 0.213. The zero-order valence-corrected chi connectivity index (χ0v) is 26.2. The van der Waals surface area contributed by atoms with Crippen molar-refractivity contribution in [2.24, 2.45) is 0 Å². The third-order valence-corrected chi connectivity index (χ3v) is 8.01. The number of esters is 1. The van der Waals surface area contributed by atoms with E-state index in [1.165, 1.54) is 6.42 Å². The van der Waals surface area contributed by atoms with Crippen LogP contribution in [-0.2, 0) is 4.74 Å². The van der Waals surface area contributed by atoms with E-state index in [9.17, 15) is 9.59 Å². The molecule has 2 atom stereocenters. The smallest absolute Gasteiger partial charge is 0.340 e. The summed E-state index contributed by atoms with van der Waals surface area (Å²) in [5.74, 6) is 0.928. The van der Waals surface area contributed by atoms with E-state index < -0.39 is 11.6 Å². The standard InChI is InChI=1S/C36H42N2O5/c1-22-19-29(24(3)37-31-13-9-8-12-28(31)35(40)43-36(4,5)6)34-30(20-22)32(39)23(2)33(42-34)25-14-16-27(17-15-25)41-21-26-11-10-18-38(26)7/h8-9,12-17,19-20,24,26,37H,10-11,18,21H2,1-7H3/t24-,26+/m1/s1. The molecule has 7 nitrogen and oxygen atoms in total. The van der Waals surface area contributed by atoms with Crippen LogP contribution in [0.25, 0.3) is 22.3 Å². The minimum Gasteiger partial charge on any atom is -0.492 e. The van der Waals surface area contributed by atoms with Gasteiger partial charge in [-0.1, -0.05) is 18.2 Å². The van der Waals surface area contributed by atoms with Crippen molar-refractivity contribution < 1.29 is 18.7 Å². The number of nitrogens with one attached hydrogen (secondary N) is 1. The molecule has 1 saturated heterocycles. The lowest BCUT2D eigenvalue weighted by Crippen LogP contribution is -2.30. The van der Waals surface area contributed by atoms with Gasteiger partial charge in [0, 0.05) is 28.4 Å². The molecule has 1 aromatic heterocycles. The lowest BCUT2D eigenvalue weighted by atomic mass is 9.98. The predicted octanol–water partition coefficient (Wildman–Crippen LogP) is 7.68. The van der Waals surface area contributed by atoms with E-state index in [0.717, 1.165) is 35.4 Å². The van der Waals surface area contributed by atoms with Crippen LogP contribution in [-0.4, -0.2) is 42.7 Å². The summed E-state index contributed by atoms with van der Waals surface area (Å²) >= 11 is 0. The lowest BCUT2D eigenvalue weighted by molar-refractivity contribution is 0.00706. The molecule has 0 amide bonds. The molecule has 1 N–H and O–H groups in total. The first-order valence-electron chi connectivity index (χ1n) is 15.0. The molecular weight excluding hydrogens is 540 g/mol. The number of para-hydroxylation sites is 1. The van der Waals surface area contributed by atoms with Crippen LogP contribution in [0.2, 0.25) is 0 Å². The molecule has 0 unspecified atom stereocenters. The summed E-state index contributed by atoms with van der Waals surface area (Å²) in [6, 6.07) is 19.1. The number of carbonyl (C=O) groups is 1. The van der Waals surface area contributed by atoms with Crippen LogP contribution in [0.4, 0.5) is 5.69 Å². The molecule has 5 rings (SSSR count). The summed E-state index contributed by atoms with van der Waals surface area (Å²) in [5.41, 5.74) is 4.08. The fraction of sp³-hybridized carbons (Fsp3) is 0.389. The van der Waals surface area contributed by atoms with Crippen LogP contribution < -0.4 is 15.5 Å². The van der Waals surface area contributed by atoms with Gasteiger partial charge in [0.15, 0.2) is 5.43 Å². The van der Waals surface area contributed by atoms with Gasteiger partial charge in [-0.05, 0) is 116 Å². The number of fused-ring (bicyclic) bond motifs is 1. The van der Waals surface area contributed by atoms with Gasteiger partial charge in [0.25, 0.3) is 0 Å². The summed E-state index contributed by atoms with van der Waals surface area (Å²) in [7, 11) is 2.14. The number of nitrogens with zero attached hydrogens (tertiary/aromatic N) is 1. The third kappa shape index (κ3) is 6.78. The molecule has 0 spiro atoms. The second-order valence-electron chi connectivity index (χ2n) is 12.6. The first-order valence-corrected chi connectivity index (χ1v) is 15.0. The number of anilines is 1. The molecule has 0 radical (unpaired) electrons. The highest BCUT2D eigenvalue weighted by Gasteiger charge is 2.24. The van der Waals surface area contributed by atoms with Crippen LogP contribution in [0.1, 0.15) is 73.6 Å². The Morgan fingerprint density at radius 3 is 2.49 bits per heavy atom. The van der Waals surface area contributed by atoms with Gasteiger partial charge in [-0.15, -0.1) is 0 Å². The Kier molecular flexibility index (Phi) is 8.65. The van der Waals surface area contributed by atoms with Gasteiger partial charge < -0.3 is 24.1 Å². The van der Waals surface area contributed by atoms with Crippen LogP contribution in [0.5, 0.6) is 5.75 Å². The van der Waals surface area contributed by atoms with Gasteiger partial charge in [0.05, 0.1) is 17.0 Å². The van der Waals surface area contributed by atoms with Gasteiger partial charge in [-0.2, -0.15) is 0 Å². The second-order valence-corrected chi connectivity index (χ2v) is 12.6. The number of ether oxygens (including phenoxy) is 2. The maximum atomic E-state index is 13.7. The van der Waals surface area contributed by atoms with E-state index in [1.807, 2.05) is 96.1 Å². The van der Waals surface area contributed by atoms with Crippen molar-refractivity contribution in [2.45, 2.75) is 72.1 Å². The maximum Gasteiger partial charge on any atom is 0.340 e. The molecule has 0 bridgehead atoms. The Balaban J connectivity index is 1.46. The van der Waals surface area contributed by atoms with Crippen molar-refractivity contribution in [1.29, 1.82) is 0 Å². The Bertz CT molecular complexity index is 1680. The predicted molar refractivity (Wildman–Crippen MR) is 172 cm³/mol. The lowest BCUT2D eigenvalue weighted by Gasteiger charge is -2.23. The molecule has 43 heavy (non-hydrogen) atoms. The Morgan fingerprint density at radius 2 is 1.81 bits per heavy atom. The van der Waals surface area contributed by atoms with Gasteiger partial charge in [-0.25, -0.2) is 4.79 Å². The molecule has 1 fully saturated rings. The van der Waals surface area contributed by atoms with Crippen molar-refractivity contribution in [3.05, 3.63) is 93.1 Å². The van der Waals surface area contributed by atoms with E-state index >= 15 is 0 Å². The maximum absolute atomic E-state index is 13.7. The third-order valence-electron chi connectivity index (χ3n) is 8.01. The molecular formula is C36H42N2O5. The Morgan fingerprint density at radius 1 is 1.09 bits per heavy atom. The number of hydrogen-bond donors (Lipinski definition) is 1. The monoisotopic (exact) mass is 582 g/mol. The summed E-state index contributed by atoms with van der Waals surface area (Å²) in [5, 5.41) is 4.00. The first kappa shape index (κ1) is 30.4. The Labute approximate surface area is 253 Å². The van der Waals surface area contributed by atoms with Crippen molar-refractivity contribution in [3.63, 3.8) is 0 Å². The molecule has 0 saturated carbocycles. The highest BCUT2D eigenvalue weighted by molar-refractivity contribution is 5.96. The number of likely N-dealkylation sites (tertiary alicyclic amines) is 1. The molecule has 4 aromatic rings. The molecule has 7 heteroatoms. The summed E-state index contributed by atoms with van der Waals surface area (Å²) in [6.45, 7) is 13.1. The van der Waals surface area contributed by atoms with Gasteiger partial charge in [-0.3, -0.25) is 4.79 Å². The van der Waals surface area contributed by atoms with Gasteiger partial charge >= 0.3 is 5.97 Å². The van der Waals surface area contributed by atoms with Crippen molar-refractivity contribution >= 4 is 22.6 Å². The van der Waals surface area contributed by atoms with E-state index in [2.05, 4.69) is 17.3 Å². The van der Waals surface area contributed by atoms with Crippen LogP contribution >= 0.6 is 0 Å². The number of benzene rings is 3. The summed E-state index contributed by atoms with van der Waals surface area (Å²) in [4.78, 5) is 29.0. The summed E-state index contributed by atoms with van der Waals surface area (Å²) in [6.07, 6.45) is 2.35. The topological polar surface area (TPSA) is 81.0 Å². The van der Waals surface area contributed by atoms with Crippen LogP contribution in [0, 0.1) is 13.8 Å². The average Bonchev–Trinajstić information content (AvgIpc) is 3.37. The molecule has 1 aliphatic heterocycles. The van der Waals surface area contributed by atoms with Crippen molar-refractivity contribution in [2.75, 3.05) is 25.5 Å². The highest BCUT2D eigenvalue weighted by atomic mass is 16.6. The Hall–Kier alpha value is -4.10. The first-order chi connectivity index (χ1) is 20.4. The number of carbonyl (C=O) groups excluding carboxylic acids is 1.